The summed E-state index contributed by atoms with van der Waals surface area (Å²) in [5, 5.41) is 11.1. The van der Waals surface area contributed by atoms with E-state index in [4.69, 9.17) is 4.74 Å². The summed E-state index contributed by atoms with van der Waals surface area (Å²) in [6.07, 6.45) is 4.49. The number of nitrogens with zero attached hydrogens (tertiary/aromatic N) is 4. The van der Waals surface area contributed by atoms with E-state index in [2.05, 4.69) is 39.8 Å². The maximum absolute atomic E-state index is 12.1. The number of hydrogen-bond acceptors (Lipinski definition) is 4. The van der Waals surface area contributed by atoms with E-state index in [0.29, 0.717) is 12.5 Å². The lowest BCUT2D eigenvalue weighted by atomic mass is 10.1. The van der Waals surface area contributed by atoms with Crippen molar-refractivity contribution in [2.75, 3.05) is 34.3 Å². The predicted molar refractivity (Wildman–Crippen MR) is 146 cm³/mol. The first-order valence-corrected chi connectivity index (χ1v) is 10.9. The first-order valence-electron chi connectivity index (χ1n) is 10.9. The van der Waals surface area contributed by atoms with Crippen molar-refractivity contribution in [1.29, 1.82) is 0 Å². The SMILES string of the molecule is COc1ccc(CCNC(=NCC(=O)N(C)C)NC(C)c2cccc(-n3cccn3)c2)cc1.I. The van der Waals surface area contributed by atoms with Gasteiger partial charge in [-0.15, -0.1) is 24.0 Å². The monoisotopic (exact) mass is 576 g/mol. The van der Waals surface area contributed by atoms with Crippen LogP contribution in [0.1, 0.15) is 24.1 Å². The summed E-state index contributed by atoms with van der Waals surface area (Å²) in [7, 11) is 5.11. The molecule has 0 radical (unpaired) electrons. The normalized spacial score (nSPS) is 11.8. The van der Waals surface area contributed by atoms with Crippen LogP contribution in [0.4, 0.5) is 0 Å². The third-order valence-electron chi connectivity index (χ3n) is 5.23. The van der Waals surface area contributed by atoms with E-state index in [-0.39, 0.29) is 42.5 Å². The number of likely N-dealkylation sites (N-methyl/N-ethyl adjacent to an activating group) is 1. The van der Waals surface area contributed by atoms with E-state index in [1.54, 1.807) is 27.4 Å². The molecule has 1 heterocycles. The van der Waals surface area contributed by atoms with Gasteiger partial charge in [0.1, 0.15) is 12.3 Å². The lowest BCUT2D eigenvalue weighted by Gasteiger charge is -2.20. The Morgan fingerprint density at radius 1 is 1.18 bits per heavy atom. The minimum atomic E-state index is -0.0559. The second kappa shape index (κ2) is 13.6. The Hall–Kier alpha value is -3.08. The third-order valence-corrected chi connectivity index (χ3v) is 5.23. The van der Waals surface area contributed by atoms with Gasteiger partial charge in [0.25, 0.3) is 0 Å². The molecule has 2 N–H and O–H groups in total. The molecule has 3 rings (SSSR count). The number of guanidine groups is 1. The van der Waals surface area contributed by atoms with Crippen LogP contribution in [0.15, 0.2) is 72.0 Å². The van der Waals surface area contributed by atoms with Gasteiger partial charge in [0.2, 0.25) is 5.91 Å². The number of carbonyl (C=O) groups is 1. The van der Waals surface area contributed by atoms with Crippen LogP contribution in [-0.2, 0) is 11.2 Å². The van der Waals surface area contributed by atoms with E-state index < -0.39 is 0 Å². The average Bonchev–Trinajstić information content (AvgIpc) is 3.37. The maximum Gasteiger partial charge on any atom is 0.243 e. The number of rotatable bonds is 9. The van der Waals surface area contributed by atoms with E-state index in [0.717, 1.165) is 23.4 Å². The predicted octanol–water partition coefficient (Wildman–Crippen LogP) is 3.43. The van der Waals surface area contributed by atoms with Crippen molar-refractivity contribution < 1.29 is 9.53 Å². The number of halogens is 1. The van der Waals surface area contributed by atoms with Crippen molar-refractivity contribution in [3.8, 4) is 11.4 Å². The molecule has 2 aromatic carbocycles. The average molecular weight is 576 g/mol. The number of amides is 1. The molecule has 182 valence electrons. The van der Waals surface area contributed by atoms with Crippen molar-refractivity contribution in [1.82, 2.24) is 25.3 Å². The van der Waals surface area contributed by atoms with Crippen LogP contribution in [0.2, 0.25) is 0 Å². The lowest BCUT2D eigenvalue weighted by molar-refractivity contribution is -0.127. The summed E-state index contributed by atoms with van der Waals surface area (Å²) >= 11 is 0. The highest BCUT2D eigenvalue weighted by atomic mass is 127. The van der Waals surface area contributed by atoms with Crippen molar-refractivity contribution in [2.45, 2.75) is 19.4 Å². The second-order valence-corrected chi connectivity index (χ2v) is 7.89. The zero-order valence-corrected chi connectivity index (χ0v) is 22.4. The van der Waals surface area contributed by atoms with Gasteiger partial charge in [-0.1, -0.05) is 24.3 Å². The minimum Gasteiger partial charge on any atom is -0.497 e. The number of nitrogens with one attached hydrogen (secondary N) is 2. The number of benzene rings is 2. The molecule has 1 amide bonds. The minimum absolute atomic E-state index is 0. The number of aromatic nitrogens is 2. The van der Waals surface area contributed by atoms with E-state index in [9.17, 15) is 4.79 Å². The molecule has 3 aromatic rings. The molecule has 0 saturated heterocycles. The standard InChI is InChI=1S/C25H32N6O2.HI/c1-19(21-7-5-8-22(17-21)31-16-6-14-28-31)29-25(27-18-24(32)30(2)3)26-15-13-20-9-11-23(33-4)12-10-20;/h5-12,14,16-17,19H,13,15,18H2,1-4H3,(H2,26,27,29);1H. The molecule has 0 fully saturated rings. The molecule has 0 saturated carbocycles. The fourth-order valence-corrected chi connectivity index (χ4v) is 3.20. The van der Waals surface area contributed by atoms with Crippen LogP contribution < -0.4 is 15.4 Å². The number of methoxy groups -OCH3 is 1. The fourth-order valence-electron chi connectivity index (χ4n) is 3.20. The topological polar surface area (TPSA) is 83.8 Å². The van der Waals surface area contributed by atoms with E-state index >= 15 is 0 Å². The van der Waals surface area contributed by atoms with Crippen LogP contribution in [0.5, 0.6) is 5.75 Å². The van der Waals surface area contributed by atoms with Crippen LogP contribution in [0.3, 0.4) is 0 Å². The molecule has 1 unspecified atom stereocenters. The molecule has 1 atom stereocenters. The number of carbonyl (C=O) groups excluding carboxylic acids is 1. The summed E-state index contributed by atoms with van der Waals surface area (Å²) in [6.45, 7) is 2.82. The van der Waals surface area contributed by atoms with Gasteiger partial charge in [-0.3, -0.25) is 4.79 Å². The van der Waals surface area contributed by atoms with Gasteiger partial charge >= 0.3 is 0 Å². The Morgan fingerprint density at radius 2 is 1.94 bits per heavy atom. The highest BCUT2D eigenvalue weighted by molar-refractivity contribution is 14.0. The molecule has 1 aromatic heterocycles. The Labute approximate surface area is 218 Å². The van der Waals surface area contributed by atoms with Gasteiger partial charge in [-0.2, -0.15) is 5.10 Å². The molecule has 9 heteroatoms. The van der Waals surface area contributed by atoms with Crippen molar-refractivity contribution in [2.24, 2.45) is 4.99 Å². The number of aliphatic imine (C=N–C) groups is 1. The molecule has 0 aliphatic carbocycles. The second-order valence-electron chi connectivity index (χ2n) is 7.89. The highest BCUT2D eigenvalue weighted by Crippen LogP contribution is 2.16. The van der Waals surface area contributed by atoms with Crippen LogP contribution >= 0.6 is 24.0 Å². The Bertz CT molecular complexity index is 1050. The Kier molecular flexibility index (Phi) is 10.9. The molecular weight excluding hydrogens is 543 g/mol. The zero-order chi connectivity index (χ0) is 23.6. The van der Waals surface area contributed by atoms with Crippen molar-refractivity contribution in [3.05, 3.63) is 78.1 Å². The largest absolute Gasteiger partial charge is 0.497 e. The number of hydrogen-bond donors (Lipinski definition) is 2. The van der Waals surface area contributed by atoms with Gasteiger partial charge in [0, 0.05) is 33.0 Å². The van der Waals surface area contributed by atoms with Crippen LogP contribution in [0.25, 0.3) is 5.69 Å². The van der Waals surface area contributed by atoms with Gasteiger partial charge in [-0.25, -0.2) is 9.67 Å². The summed E-state index contributed by atoms with van der Waals surface area (Å²) in [5.74, 6) is 1.37. The highest BCUT2D eigenvalue weighted by Gasteiger charge is 2.11. The molecule has 34 heavy (non-hydrogen) atoms. The first-order chi connectivity index (χ1) is 16.0. The molecule has 0 bridgehead atoms. The number of ether oxygens (including phenoxy) is 1. The molecule has 0 aliphatic heterocycles. The Balaban J connectivity index is 0.00000408. The first kappa shape index (κ1) is 27.2. The molecule has 8 nitrogen and oxygen atoms in total. The van der Waals surface area contributed by atoms with Gasteiger partial charge in [0.15, 0.2) is 5.96 Å². The van der Waals surface area contributed by atoms with E-state index in [1.807, 2.05) is 53.3 Å². The smallest absolute Gasteiger partial charge is 0.243 e. The van der Waals surface area contributed by atoms with Crippen molar-refractivity contribution in [3.63, 3.8) is 0 Å². The van der Waals surface area contributed by atoms with Crippen LogP contribution in [0, 0.1) is 0 Å². The summed E-state index contributed by atoms with van der Waals surface area (Å²) in [4.78, 5) is 18.1. The maximum atomic E-state index is 12.1. The zero-order valence-electron chi connectivity index (χ0n) is 20.1. The summed E-state index contributed by atoms with van der Waals surface area (Å²) < 4.78 is 7.04. The third kappa shape index (κ3) is 8.05. The van der Waals surface area contributed by atoms with Gasteiger partial charge in [-0.05, 0) is 54.8 Å². The summed E-state index contributed by atoms with van der Waals surface area (Å²) in [6, 6.07) is 18.0. The van der Waals surface area contributed by atoms with Gasteiger partial charge < -0.3 is 20.3 Å². The lowest BCUT2D eigenvalue weighted by Crippen LogP contribution is -2.40. The summed E-state index contributed by atoms with van der Waals surface area (Å²) in [5.41, 5.74) is 3.26. The quantitative estimate of drug-likeness (QED) is 0.232. The van der Waals surface area contributed by atoms with Crippen LogP contribution in [-0.4, -0.2) is 60.8 Å². The molecule has 0 spiro atoms. The van der Waals surface area contributed by atoms with E-state index in [1.165, 1.54) is 10.5 Å². The van der Waals surface area contributed by atoms with Gasteiger partial charge in [0.05, 0.1) is 18.8 Å². The molecule has 0 aliphatic rings. The fraction of sp³-hybridized carbons (Fsp3) is 0.320. The Morgan fingerprint density at radius 3 is 2.59 bits per heavy atom. The van der Waals surface area contributed by atoms with Crippen molar-refractivity contribution >= 4 is 35.8 Å². The molecular formula is C25H33IN6O2.